The van der Waals surface area contributed by atoms with Crippen LogP contribution in [0.2, 0.25) is 0 Å². The number of thiocarbonyl (C=S) groups is 1. The lowest BCUT2D eigenvalue weighted by Crippen LogP contribution is -2.30. The van der Waals surface area contributed by atoms with Gasteiger partial charge in [-0.05, 0) is 68.4 Å². The quantitative estimate of drug-likeness (QED) is 0.428. The van der Waals surface area contributed by atoms with E-state index in [0.717, 1.165) is 48.1 Å². The zero-order valence-corrected chi connectivity index (χ0v) is 19.7. The van der Waals surface area contributed by atoms with E-state index < -0.39 is 11.7 Å². The number of nitrogens with zero attached hydrogens (tertiary/aromatic N) is 3. The molecule has 8 heteroatoms. The molecule has 4 nitrogen and oxygen atoms in total. The van der Waals surface area contributed by atoms with Gasteiger partial charge < -0.3 is 14.8 Å². The van der Waals surface area contributed by atoms with Crippen LogP contribution >= 0.6 is 12.2 Å². The van der Waals surface area contributed by atoms with Gasteiger partial charge in [0, 0.05) is 24.1 Å². The number of benzene rings is 1. The van der Waals surface area contributed by atoms with E-state index in [1.54, 1.807) is 16.8 Å². The highest BCUT2D eigenvalue weighted by Gasteiger charge is 2.41. The van der Waals surface area contributed by atoms with Crippen molar-refractivity contribution in [3.05, 3.63) is 82.9 Å². The summed E-state index contributed by atoms with van der Waals surface area (Å²) < 4.78 is 43.1. The van der Waals surface area contributed by atoms with Crippen molar-refractivity contribution in [2.24, 2.45) is 0 Å². The predicted octanol–water partition coefficient (Wildman–Crippen LogP) is 6.28. The Hall–Kier alpha value is -2.87. The number of rotatable bonds is 6. The number of hydrogen-bond acceptors (Lipinski definition) is 2. The molecule has 4 rings (SSSR count). The number of nitrogens with one attached hydrogen (secondary N) is 1. The zero-order chi connectivity index (χ0) is 23.8. The number of pyridine rings is 1. The Bertz CT molecular complexity index is 1140. The molecule has 1 aliphatic rings. The summed E-state index contributed by atoms with van der Waals surface area (Å²) in [6.45, 7) is 6.61. The van der Waals surface area contributed by atoms with Gasteiger partial charge in [-0.3, -0.25) is 4.98 Å². The van der Waals surface area contributed by atoms with E-state index in [2.05, 4.69) is 22.1 Å². The highest BCUT2D eigenvalue weighted by molar-refractivity contribution is 7.80. The van der Waals surface area contributed by atoms with Crippen LogP contribution in [0.15, 0.2) is 54.7 Å². The van der Waals surface area contributed by atoms with E-state index in [1.807, 2.05) is 38.1 Å². The molecule has 1 fully saturated rings. The Kier molecular flexibility index (Phi) is 6.47. The van der Waals surface area contributed by atoms with Crippen molar-refractivity contribution >= 4 is 17.3 Å². The summed E-state index contributed by atoms with van der Waals surface area (Å²) in [6, 6.07) is 13.1. The van der Waals surface area contributed by atoms with Gasteiger partial charge in [-0.2, -0.15) is 13.2 Å². The van der Waals surface area contributed by atoms with E-state index in [9.17, 15) is 13.2 Å². The number of para-hydroxylation sites is 1. The van der Waals surface area contributed by atoms with Gasteiger partial charge in [0.05, 0.1) is 29.0 Å². The normalized spacial score (nSPS) is 18.6. The maximum atomic E-state index is 13.8. The van der Waals surface area contributed by atoms with Gasteiger partial charge in [0.15, 0.2) is 5.11 Å². The molecule has 1 aromatic carbocycles. The van der Waals surface area contributed by atoms with Gasteiger partial charge in [-0.15, -0.1) is 0 Å². The highest BCUT2D eigenvalue weighted by Crippen LogP contribution is 2.42. The van der Waals surface area contributed by atoms with Crippen LogP contribution in [0.4, 0.5) is 13.2 Å². The number of halogens is 3. The molecule has 1 aliphatic heterocycles. The lowest BCUT2D eigenvalue weighted by atomic mass is 9.96. The number of aryl methyl sites for hydroxylation is 1. The Morgan fingerprint density at radius 2 is 1.82 bits per heavy atom. The van der Waals surface area contributed by atoms with Crippen molar-refractivity contribution in [3.8, 4) is 5.69 Å². The Labute approximate surface area is 197 Å². The van der Waals surface area contributed by atoms with E-state index >= 15 is 0 Å². The summed E-state index contributed by atoms with van der Waals surface area (Å²) in [5.74, 6) is 0. The minimum atomic E-state index is -4.44. The first-order valence-corrected chi connectivity index (χ1v) is 11.5. The average Bonchev–Trinajstić information content (AvgIpc) is 3.27. The molecule has 1 N–H and O–H groups in total. The van der Waals surface area contributed by atoms with E-state index in [4.69, 9.17) is 12.2 Å². The van der Waals surface area contributed by atoms with Crippen molar-refractivity contribution in [2.45, 2.75) is 51.9 Å². The molecule has 0 amide bonds. The molecule has 0 radical (unpaired) electrons. The Balaban J connectivity index is 1.86. The monoisotopic (exact) mass is 472 g/mol. The third kappa shape index (κ3) is 4.36. The van der Waals surface area contributed by atoms with Crippen molar-refractivity contribution in [3.63, 3.8) is 0 Å². The smallest absolute Gasteiger partial charge is 0.352 e. The molecule has 33 heavy (non-hydrogen) atoms. The molecule has 2 aromatic heterocycles. The molecule has 0 bridgehead atoms. The molecule has 0 spiro atoms. The first-order valence-electron chi connectivity index (χ1n) is 11.1. The summed E-state index contributed by atoms with van der Waals surface area (Å²) in [5.41, 5.74) is 2.79. The predicted molar refractivity (Wildman–Crippen MR) is 127 cm³/mol. The fourth-order valence-electron chi connectivity index (χ4n) is 4.68. The van der Waals surface area contributed by atoms with Gasteiger partial charge in [0.2, 0.25) is 0 Å². The van der Waals surface area contributed by atoms with Crippen LogP contribution in [0, 0.1) is 13.8 Å². The van der Waals surface area contributed by atoms with Crippen LogP contribution in [0.1, 0.15) is 60.1 Å². The van der Waals surface area contributed by atoms with E-state index in [1.165, 1.54) is 12.1 Å². The summed E-state index contributed by atoms with van der Waals surface area (Å²) in [4.78, 5) is 6.70. The number of unbranched alkanes of at least 4 members (excludes halogenated alkanes) is 1. The van der Waals surface area contributed by atoms with E-state index in [0.29, 0.717) is 5.11 Å². The Morgan fingerprint density at radius 1 is 1.09 bits per heavy atom. The highest BCUT2D eigenvalue weighted by atomic mass is 32.1. The molecular weight excluding hydrogens is 445 g/mol. The third-order valence-corrected chi connectivity index (χ3v) is 6.54. The van der Waals surface area contributed by atoms with Crippen LogP contribution in [0.3, 0.4) is 0 Å². The summed E-state index contributed by atoms with van der Waals surface area (Å²) in [6.07, 6.45) is -0.726. The van der Waals surface area contributed by atoms with Crippen molar-refractivity contribution in [1.82, 2.24) is 19.8 Å². The topological polar surface area (TPSA) is 33.1 Å². The maximum absolute atomic E-state index is 13.8. The van der Waals surface area contributed by atoms with Crippen molar-refractivity contribution in [2.75, 3.05) is 6.54 Å². The van der Waals surface area contributed by atoms with Crippen LogP contribution in [-0.2, 0) is 6.18 Å². The lowest BCUT2D eigenvalue weighted by Gasteiger charge is -2.28. The molecule has 0 aliphatic carbocycles. The molecule has 0 unspecified atom stereocenters. The van der Waals surface area contributed by atoms with E-state index in [-0.39, 0.29) is 17.8 Å². The summed E-state index contributed by atoms with van der Waals surface area (Å²) in [7, 11) is 0. The molecule has 0 saturated carbocycles. The summed E-state index contributed by atoms with van der Waals surface area (Å²) in [5, 5.41) is 4.06. The number of aromatic nitrogens is 2. The van der Waals surface area contributed by atoms with Crippen molar-refractivity contribution < 1.29 is 13.2 Å². The number of hydrogen-bond donors (Lipinski definition) is 1. The van der Waals surface area contributed by atoms with Gasteiger partial charge in [0.1, 0.15) is 0 Å². The largest absolute Gasteiger partial charge is 0.418 e. The zero-order valence-electron chi connectivity index (χ0n) is 18.9. The molecular formula is C25H27F3N4S. The fraction of sp³-hybridized carbons (Fsp3) is 0.360. The second kappa shape index (κ2) is 9.17. The first-order chi connectivity index (χ1) is 15.7. The van der Waals surface area contributed by atoms with Crippen LogP contribution < -0.4 is 5.32 Å². The SMILES string of the molecule is CCCCN1C(=S)N[C@@H](c2ccccn2)[C@H]1c1cc(C)n(-c2ccccc2C(F)(F)F)c1C. The standard InChI is InChI=1S/C25H27F3N4S/c1-4-5-14-31-23(22(30-24(31)33)20-11-8-9-13-29-20)18-15-16(2)32(17(18)3)21-12-7-6-10-19(21)25(26,27)28/h6-13,15,22-23H,4-5,14H2,1-3H3,(H,30,33)/t22-,23+/m0/s1. The molecule has 174 valence electrons. The van der Waals surface area contributed by atoms with Gasteiger partial charge in [-0.25, -0.2) is 0 Å². The van der Waals surface area contributed by atoms with Gasteiger partial charge in [0.25, 0.3) is 0 Å². The molecule has 3 heterocycles. The lowest BCUT2D eigenvalue weighted by molar-refractivity contribution is -0.137. The fourth-order valence-corrected chi connectivity index (χ4v) is 5.01. The second-order valence-electron chi connectivity index (χ2n) is 8.35. The first kappa shape index (κ1) is 23.3. The Morgan fingerprint density at radius 3 is 2.48 bits per heavy atom. The number of alkyl halides is 3. The van der Waals surface area contributed by atoms with Crippen LogP contribution in [0.25, 0.3) is 5.69 Å². The minimum Gasteiger partial charge on any atom is -0.352 e. The third-order valence-electron chi connectivity index (χ3n) is 6.19. The average molecular weight is 473 g/mol. The summed E-state index contributed by atoms with van der Waals surface area (Å²) >= 11 is 5.69. The van der Waals surface area contributed by atoms with Crippen LogP contribution in [0.5, 0.6) is 0 Å². The molecule has 2 atom stereocenters. The molecule has 1 saturated heterocycles. The second-order valence-corrected chi connectivity index (χ2v) is 8.74. The van der Waals surface area contributed by atoms with Gasteiger partial charge in [-0.1, -0.05) is 31.5 Å². The molecule has 3 aromatic rings. The van der Waals surface area contributed by atoms with Crippen LogP contribution in [-0.4, -0.2) is 26.1 Å². The minimum absolute atomic E-state index is 0.134. The van der Waals surface area contributed by atoms with Crippen molar-refractivity contribution in [1.29, 1.82) is 0 Å². The van der Waals surface area contributed by atoms with Gasteiger partial charge >= 0.3 is 6.18 Å². The maximum Gasteiger partial charge on any atom is 0.418 e.